The van der Waals surface area contributed by atoms with E-state index in [2.05, 4.69) is 37.4 Å². The second kappa shape index (κ2) is 8.18. The number of amides is 1. The molecule has 4 aliphatic carbocycles. The average Bonchev–Trinajstić information content (AvgIpc) is 3.37. The highest BCUT2D eigenvalue weighted by molar-refractivity contribution is 9.10. The average molecular weight is 539 g/mol. The van der Waals surface area contributed by atoms with Gasteiger partial charge < -0.3 is 10.1 Å². The molecule has 9 heteroatoms. The molecule has 0 saturated heterocycles. The van der Waals surface area contributed by atoms with Crippen LogP contribution in [0.5, 0.6) is 5.75 Å². The molecule has 35 heavy (non-hydrogen) atoms. The highest BCUT2D eigenvalue weighted by Gasteiger charge is 2.61. The van der Waals surface area contributed by atoms with Crippen LogP contribution in [0.4, 0.5) is 5.69 Å². The predicted octanol–water partition coefficient (Wildman–Crippen LogP) is 4.85. The molecule has 2 heterocycles. The molecule has 4 bridgehead atoms. The zero-order valence-electron chi connectivity index (χ0n) is 20.4. The first-order chi connectivity index (χ1) is 16.8. The molecule has 1 amide bonds. The second-order valence-corrected chi connectivity index (χ2v) is 11.6. The first-order valence-corrected chi connectivity index (χ1v) is 13.1. The minimum absolute atomic E-state index is 0.110. The van der Waals surface area contributed by atoms with Crippen molar-refractivity contribution in [3.8, 4) is 5.75 Å². The number of hydrogen-bond acceptors (Lipinski definition) is 5. The van der Waals surface area contributed by atoms with Crippen molar-refractivity contribution in [2.45, 2.75) is 64.5 Å². The summed E-state index contributed by atoms with van der Waals surface area (Å²) < 4.78 is 9.98. The summed E-state index contributed by atoms with van der Waals surface area (Å²) in [5.41, 5.74) is 3.29. The molecular weight excluding hydrogens is 508 g/mol. The smallest absolute Gasteiger partial charge is 0.230 e. The van der Waals surface area contributed by atoms with Gasteiger partial charge in [-0.15, -0.1) is 5.10 Å². The largest absolute Gasteiger partial charge is 0.497 e. The summed E-state index contributed by atoms with van der Waals surface area (Å²) in [4.78, 5) is 18.3. The lowest BCUT2D eigenvalue weighted by Gasteiger charge is -2.60. The molecule has 4 fully saturated rings. The lowest BCUT2D eigenvalue weighted by molar-refractivity contribution is -0.150. The maximum Gasteiger partial charge on any atom is 0.230 e. The van der Waals surface area contributed by atoms with Gasteiger partial charge in [-0.05, 0) is 97.8 Å². The van der Waals surface area contributed by atoms with Gasteiger partial charge in [0.05, 0.1) is 41.7 Å². The number of anilines is 1. The molecule has 0 radical (unpaired) electrons. The topological polar surface area (TPSA) is 86.9 Å². The Balaban J connectivity index is 1.26. The van der Waals surface area contributed by atoms with Gasteiger partial charge in [0.25, 0.3) is 0 Å². The third kappa shape index (κ3) is 3.79. The third-order valence-electron chi connectivity index (χ3n) is 8.55. The van der Waals surface area contributed by atoms with Crippen molar-refractivity contribution >= 4 is 27.5 Å². The van der Waals surface area contributed by atoms with E-state index in [0.29, 0.717) is 23.1 Å². The van der Waals surface area contributed by atoms with E-state index in [1.54, 1.807) is 7.11 Å². The molecule has 7 rings (SSSR count). The van der Waals surface area contributed by atoms with Crippen LogP contribution in [0.15, 0.2) is 35.3 Å². The molecule has 0 aliphatic heterocycles. The van der Waals surface area contributed by atoms with Crippen molar-refractivity contribution in [2.24, 2.45) is 17.3 Å². The molecule has 3 aromatic rings. The highest BCUT2D eigenvalue weighted by Crippen LogP contribution is 2.64. The van der Waals surface area contributed by atoms with E-state index < -0.39 is 0 Å². The van der Waals surface area contributed by atoms with E-state index in [1.807, 2.05) is 47.7 Å². The van der Waals surface area contributed by atoms with Crippen LogP contribution in [0.2, 0.25) is 0 Å². The van der Waals surface area contributed by atoms with E-state index >= 15 is 0 Å². The molecule has 1 aromatic carbocycles. The van der Waals surface area contributed by atoms with Gasteiger partial charge >= 0.3 is 0 Å². The maximum absolute atomic E-state index is 14.0. The molecule has 0 spiro atoms. The number of rotatable bonds is 6. The van der Waals surface area contributed by atoms with Gasteiger partial charge in [0.1, 0.15) is 12.1 Å². The Labute approximate surface area is 213 Å². The lowest BCUT2D eigenvalue weighted by Crippen LogP contribution is -2.60. The monoisotopic (exact) mass is 538 g/mol. The SMILES string of the molecule is COc1cccc(Cn2nc(C)c(NC(=O)C34CC5CC(C3)CC(n3cnc(Br)n3)(C5)C4)c2C)c1. The number of hydrogen-bond donors (Lipinski definition) is 1. The van der Waals surface area contributed by atoms with Gasteiger partial charge in [0.15, 0.2) is 0 Å². The minimum Gasteiger partial charge on any atom is -0.497 e. The summed E-state index contributed by atoms with van der Waals surface area (Å²) >= 11 is 3.41. The standard InChI is InChI=1S/C26H31BrN6O2/c1-16-22(17(2)32(30-16)13-18-5-4-6-21(8-18)35-3)29-23(34)25-9-19-7-20(10-25)12-26(11-19,14-25)33-15-28-24(27)31-33/h4-6,8,15,19-20H,7,9-14H2,1-3H3,(H,29,34). The number of methoxy groups -OCH3 is 1. The quantitative estimate of drug-likeness (QED) is 0.484. The van der Waals surface area contributed by atoms with Crippen molar-refractivity contribution < 1.29 is 9.53 Å². The van der Waals surface area contributed by atoms with Gasteiger partial charge in [0.2, 0.25) is 10.6 Å². The number of benzene rings is 1. The zero-order valence-corrected chi connectivity index (χ0v) is 22.0. The van der Waals surface area contributed by atoms with E-state index in [0.717, 1.165) is 60.5 Å². The van der Waals surface area contributed by atoms with Crippen LogP contribution in [-0.4, -0.2) is 37.6 Å². The molecule has 2 aromatic heterocycles. The molecule has 1 N–H and O–H groups in total. The van der Waals surface area contributed by atoms with Gasteiger partial charge in [0, 0.05) is 0 Å². The van der Waals surface area contributed by atoms with Crippen molar-refractivity contribution in [1.82, 2.24) is 24.5 Å². The van der Waals surface area contributed by atoms with Crippen molar-refractivity contribution in [3.63, 3.8) is 0 Å². The summed E-state index contributed by atoms with van der Waals surface area (Å²) in [7, 11) is 1.67. The molecule has 4 aliphatic rings. The number of halogens is 1. The van der Waals surface area contributed by atoms with E-state index in [-0.39, 0.29) is 16.9 Å². The molecule has 2 unspecified atom stereocenters. The number of carbonyl (C=O) groups excluding carboxylic acids is 1. The Bertz CT molecular complexity index is 1280. The van der Waals surface area contributed by atoms with Crippen LogP contribution in [0.25, 0.3) is 0 Å². The van der Waals surface area contributed by atoms with Gasteiger partial charge in [-0.3, -0.25) is 9.48 Å². The number of nitrogens with one attached hydrogen (secondary N) is 1. The predicted molar refractivity (Wildman–Crippen MR) is 135 cm³/mol. The minimum atomic E-state index is -0.365. The molecular formula is C26H31BrN6O2. The van der Waals surface area contributed by atoms with Crippen LogP contribution in [-0.2, 0) is 16.9 Å². The Hall–Kier alpha value is -2.68. The number of aryl methyl sites for hydroxylation is 1. The Kier molecular flexibility index (Phi) is 5.32. The van der Waals surface area contributed by atoms with Crippen molar-refractivity contribution in [3.05, 3.63) is 52.3 Å². The fourth-order valence-electron chi connectivity index (χ4n) is 7.44. The second-order valence-electron chi connectivity index (χ2n) is 10.9. The summed E-state index contributed by atoms with van der Waals surface area (Å²) in [6.07, 6.45) is 7.98. The fourth-order valence-corrected chi connectivity index (χ4v) is 7.70. The number of aromatic nitrogens is 5. The van der Waals surface area contributed by atoms with Crippen molar-refractivity contribution in [1.29, 1.82) is 0 Å². The van der Waals surface area contributed by atoms with E-state index in [4.69, 9.17) is 9.84 Å². The van der Waals surface area contributed by atoms with Crippen LogP contribution in [0, 0.1) is 31.1 Å². The van der Waals surface area contributed by atoms with Crippen LogP contribution in [0.3, 0.4) is 0 Å². The van der Waals surface area contributed by atoms with Gasteiger partial charge in [-0.2, -0.15) is 5.10 Å². The molecule has 184 valence electrons. The summed E-state index contributed by atoms with van der Waals surface area (Å²) in [5.74, 6) is 2.08. The fraction of sp³-hybridized carbons (Fsp3) is 0.538. The maximum atomic E-state index is 14.0. The third-order valence-corrected chi connectivity index (χ3v) is 8.91. The van der Waals surface area contributed by atoms with Crippen molar-refractivity contribution in [2.75, 3.05) is 12.4 Å². The Morgan fingerprint density at radius 1 is 1.20 bits per heavy atom. The normalized spacial score (nSPS) is 28.9. The van der Waals surface area contributed by atoms with Crippen LogP contribution < -0.4 is 10.1 Å². The number of carbonyl (C=O) groups is 1. The van der Waals surface area contributed by atoms with E-state index in [1.165, 1.54) is 6.42 Å². The molecule has 2 atom stereocenters. The van der Waals surface area contributed by atoms with E-state index in [9.17, 15) is 4.79 Å². The molecule has 4 saturated carbocycles. The Morgan fingerprint density at radius 3 is 2.66 bits per heavy atom. The first-order valence-electron chi connectivity index (χ1n) is 12.4. The summed E-state index contributed by atoms with van der Waals surface area (Å²) in [6, 6.07) is 8.01. The number of ether oxygens (including phenoxy) is 1. The lowest BCUT2D eigenvalue weighted by atomic mass is 9.46. The highest BCUT2D eigenvalue weighted by atomic mass is 79.9. The summed E-state index contributed by atoms with van der Waals surface area (Å²) in [6.45, 7) is 4.63. The van der Waals surface area contributed by atoms with Crippen LogP contribution in [0.1, 0.15) is 55.5 Å². The van der Waals surface area contributed by atoms with Gasteiger partial charge in [-0.25, -0.2) is 9.67 Å². The Morgan fingerprint density at radius 2 is 1.97 bits per heavy atom. The van der Waals surface area contributed by atoms with Crippen LogP contribution >= 0.6 is 15.9 Å². The van der Waals surface area contributed by atoms with Gasteiger partial charge in [-0.1, -0.05) is 12.1 Å². The summed E-state index contributed by atoms with van der Waals surface area (Å²) in [5, 5.41) is 12.7. The number of nitrogens with zero attached hydrogens (tertiary/aromatic N) is 5. The zero-order chi connectivity index (χ0) is 24.4. The molecule has 8 nitrogen and oxygen atoms in total. The first kappa shape index (κ1) is 22.8.